The van der Waals surface area contributed by atoms with E-state index in [1.165, 1.54) is 6.07 Å². The molecule has 0 unspecified atom stereocenters. The van der Waals surface area contributed by atoms with Crippen LogP contribution in [0.1, 0.15) is 11.1 Å². The predicted molar refractivity (Wildman–Crippen MR) is 89.7 cm³/mol. The van der Waals surface area contributed by atoms with Crippen LogP contribution in [0.15, 0.2) is 47.6 Å². The summed E-state index contributed by atoms with van der Waals surface area (Å²) in [5.41, 5.74) is 8.89. The number of benzene rings is 2. The van der Waals surface area contributed by atoms with Crippen molar-refractivity contribution in [2.45, 2.75) is 6.61 Å². The van der Waals surface area contributed by atoms with Gasteiger partial charge in [0.2, 0.25) is 0 Å². The Morgan fingerprint density at radius 1 is 1.36 bits per heavy atom. The van der Waals surface area contributed by atoms with E-state index in [4.69, 9.17) is 22.1 Å². The molecule has 0 aromatic heterocycles. The first-order valence-corrected chi connectivity index (χ1v) is 7.09. The standard InChI is InChI=1S/C15H13ClFN3OS/c16-13-6-2-4-11(14(13)17)9-21-12-5-1-3-10(7-12)8-19-20-15(18)22/h1-8H,9H2,(H3,18,20,22). The fraction of sp³-hybridized carbons (Fsp3) is 0.0667. The molecule has 4 nitrogen and oxygen atoms in total. The van der Waals surface area contributed by atoms with Crippen LogP contribution in [0.25, 0.3) is 0 Å². The molecule has 2 aromatic carbocycles. The van der Waals surface area contributed by atoms with Crippen LogP contribution in [0.2, 0.25) is 5.02 Å². The molecule has 0 atom stereocenters. The highest BCUT2D eigenvalue weighted by Crippen LogP contribution is 2.20. The maximum atomic E-state index is 13.8. The summed E-state index contributed by atoms with van der Waals surface area (Å²) in [7, 11) is 0. The van der Waals surface area contributed by atoms with Gasteiger partial charge in [-0.05, 0) is 36.0 Å². The van der Waals surface area contributed by atoms with Crippen LogP contribution >= 0.6 is 23.8 Å². The fourth-order valence-corrected chi connectivity index (χ4v) is 1.92. The van der Waals surface area contributed by atoms with Gasteiger partial charge in [-0.3, -0.25) is 5.43 Å². The van der Waals surface area contributed by atoms with E-state index in [0.717, 1.165) is 5.56 Å². The lowest BCUT2D eigenvalue weighted by Gasteiger charge is -2.08. The molecule has 0 radical (unpaired) electrons. The zero-order valence-electron chi connectivity index (χ0n) is 11.4. The van der Waals surface area contributed by atoms with Crippen LogP contribution in [0.4, 0.5) is 4.39 Å². The molecule has 0 aliphatic heterocycles. The first-order chi connectivity index (χ1) is 10.6. The summed E-state index contributed by atoms with van der Waals surface area (Å²) < 4.78 is 19.3. The average molecular weight is 338 g/mol. The van der Waals surface area contributed by atoms with E-state index < -0.39 is 5.82 Å². The van der Waals surface area contributed by atoms with E-state index in [1.807, 2.05) is 6.07 Å². The maximum absolute atomic E-state index is 13.8. The van der Waals surface area contributed by atoms with Crippen molar-refractivity contribution in [3.63, 3.8) is 0 Å². The molecule has 3 N–H and O–H groups in total. The Bertz CT molecular complexity index is 709. The number of rotatable bonds is 5. The molecule has 22 heavy (non-hydrogen) atoms. The highest BCUT2D eigenvalue weighted by molar-refractivity contribution is 7.80. The second-order valence-corrected chi connectivity index (χ2v) is 5.16. The molecule has 0 saturated heterocycles. The Morgan fingerprint density at radius 2 is 2.14 bits per heavy atom. The number of hydrazone groups is 1. The molecular weight excluding hydrogens is 325 g/mol. The van der Waals surface area contributed by atoms with Gasteiger partial charge >= 0.3 is 0 Å². The summed E-state index contributed by atoms with van der Waals surface area (Å²) in [6, 6.07) is 11.9. The molecule has 0 saturated carbocycles. The van der Waals surface area contributed by atoms with Crippen LogP contribution in [0.5, 0.6) is 5.75 Å². The third-order valence-electron chi connectivity index (χ3n) is 2.67. The fourth-order valence-electron chi connectivity index (χ4n) is 1.68. The number of thiocarbonyl (C=S) groups is 1. The summed E-state index contributed by atoms with van der Waals surface area (Å²) >= 11 is 10.4. The van der Waals surface area contributed by atoms with Crippen LogP contribution in [-0.2, 0) is 6.61 Å². The van der Waals surface area contributed by atoms with Crippen LogP contribution in [-0.4, -0.2) is 11.3 Å². The molecule has 0 bridgehead atoms. The second-order valence-electron chi connectivity index (χ2n) is 4.31. The summed E-state index contributed by atoms with van der Waals surface area (Å²) in [5, 5.41) is 4.01. The van der Waals surface area contributed by atoms with Gasteiger partial charge in [-0.2, -0.15) is 5.10 Å². The Balaban J connectivity index is 2.03. The normalized spacial score (nSPS) is 10.6. The smallest absolute Gasteiger partial charge is 0.184 e. The minimum Gasteiger partial charge on any atom is -0.489 e. The zero-order chi connectivity index (χ0) is 15.9. The lowest BCUT2D eigenvalue weighted by Crippen LogP contribution is -2.23. The van der Waals surface area contributed by atoms with Gasteiger partial charge in [-0.15, -0.1) is 0 Å². The molecule has 0 aliphatic carbocycles. The SMILES string of the molecule is NC(=S)NN=Cc1cccc(OCc2cccc(Cl)c2F)c1. The number of nitrogens with two attached hydrogens (primary N) is 1. The molecule has 0 amide bonds. The van der Waals surface area contributed by atoms with Gasteiger partial charge in [-0.1, -0.05) is 35.9 Å². The van der Waals surface area contributed by atoms with Gasteiger partial charge in [0.05, 0.1) is 11.2 Å². The van der Waals surface area contributed by atoms with Crippen molar-refractivity contribution in [3.05, 3.63) is 64.4 Å². The summed E-state index contributed by atoms with van der Waals surface area (Å²) in [6.45, 7) is 0.0815. The lowest BCUT2D eigenvalue weighted by molar-refractivity contribution is 0.300. The highest BCUT2D eigenvalue weighted by Gasteiger charge is 2.06. The molecule has 0 heterocycles. The van der Waals surface area contributed by atoms with E-state index in [1.54, 1.807) is 36.5 Å². The van der Waals surface area contributed by atoms with Crippen molar-refractivity contribution in [2.24, 2.45) is 10.8 Å². The summed E-state index contributed by atoms with van der Waals surface area (Å²) in [5.74, 6) is 0.112. The van der Waals surface area contributed by atoms with Gasteiger partial charge in [0.1, 0.15) is 18.2 Å². The Kier molecular flexibility index (Phi) is 5.68. The largest absolute Gasteiger partial charge is 0.489 e. The van der Waals surface area contributed by atoms with Crippen molar-refractivity contribution in [3.8, 4) is 5.75 Å². The van der Waals surface area contributed by atoms with E-state index >= 15 is 0 Å². The number of hydrogen-bond acceptors (Lipinski definition) is 3. The highest BCUT2D eigenvalue weighted by atomic mass is 35.5. The van der Waals surface area contributed by atoms with E-state index in [-0.39, 0.29) is 16.7 Å². The number of nitrogens with one attached hydrogen (secondary N) is 1. The van der Waals surface area contributed by atoms with Crippen molar-refractivity contribution in [1.29, 1.82) is 0 Å². The Hall–Kier alpha value is -2.18. The molecule has 0 spiro atoms. The first-order valence-electron chi connectivity index (χ1n) is 6.30. The number of ether oxygens (including phenoxy) is 1. The summed E-state index contributed by atoms with van der Waals surface area (Å²) in [6.07, 6.45) is 1.55. The van der Waals surface area contributed by atoms with Gasteiger partial charge in [0.25, 0.3) is 0 Å². The number of hydrogen-bond donors (Lipinski definition) is 2. The molecular formula is C15H13ClFN3OS. The first kappa shape index (κ1) is 16.2. The molecule has 0 fully saturated rings. The van der Waals surface area contributed by atoms with Crippen LogP contribution < -0.4 is 15.9 Å². The van der Waals surface area contributed by atoms with Crippen molar-refractivity contribution >= 4 is 35.1 Å². The number of halogens is 2. The van der Waals surface area contributed by atoms with Crippen LogP contribution in [0, 0.1) is 5.82 Å². The lowest BCUT2D eigenvalue weighted by atomic mass is 10.2. The summed E-state index contributed by atoms with van der Waals surface area (Å²) in [4.78, 5) is 0. The van der Waals surface area contributed by atoms with E-state index in [2.05, 4.69) is 22.7 Å². The predicted octanol–water partition coefficient (Wildman–Crippen LogP) is 3.23. The minimum atomic E-state index is -0.470. The van der Waals surface area contributed by atoms with Gasteiger partial charge in [-0.25, -0.2) is 4.39 Å². The second kappa shape index (κ2) is 7.72. The topological polar surface area (TPSA) is 59.6 Å². The molecule has 114 valence electrons. The molecule has 2 aromatic rings. The van der Waals surface area contributed by atoms with Crippen molar-refractivity contribution < 1.29 is 9.13 Å². The minimum absolute atomic E-state index is 0.0748. The third kappa shape index (κ3) is 4.68. The van der Waals surface area contributed by atoms with Gasteiger partial charge < -0.3 is 10.5 Å². The van der Waals surface area contributed by atoms with Gasteiger partial charge in [0, 0.05) is 5.56 Å². The molecule has 7 heteroatoms. The maximum Gasteiger partial charge on any atom is 0.184 e. The number of nitrogens with zero attached hydrogens (tertiary/aromatic N) is 1. The quantitative estimate of drug-likeness (QED) is 0.499. The monoisotopic (exact) mass is 337 g/mol. The Labute approximate surface area is 137 Å². The van der Waals surface area contributed by atoms with E-state index in [0.29, 0.717) is 11.3 Å². The third-order valence-corrected chi connectivity index (χ3v) is 3.06. The Morgan fingerprint density at radius 3 is 2.91 bits per heavy atom. The van der Waals surface area contributed by atoms with Crippen molar-refractivity contribution in [1.82, 2.24) is 5.43 Å². The zero-order valence-corrected chi connectivity index (χ0v) is 13.0. The molecule has 2 rings (SSSR count). The van der Waals surface area contributed by atoms with Crippen LogP contribution in [0.3, 0.4) is 0 Å². The van der Waals surface area contributed by atoms with E-state index in [9.17, 15) is 4.39 Å². The molecule has 0 aliphatic rings. The van der Waals surface area contributed by atoms with Gasteiger partial charge in [0.15, 0.2) is 5.11 Å². The average Bonchev–Trinajstić information content (AvgIpc) is 2.49. The van der Waals surface area contributed by atoms with Crippen molar-refractivity contribution in [2.75, 3.05) is 0 Å².